The molecule has 0 bridgehead atoms. The first-order valence-corrected chi connectivity index (χ1v) is 8.73. The van der Waals surface area contributed by atoms with Gasteiger partial charge in [-0.05, 0) is 42.5 Å². The van der Waals surface area contributed by atoms with Gasteiger partial charge >= 0.3 is 0 Å². The van der Waals surface area contributed by atoms with Crippen molar-refractivity contribution in [3.05, 3.63) is 77.1 Å². The van der Waals surface area contributed by atoms with Gasteiger partial charge in [0.25, 0.3) is 5.91 Å². The number of hydrogen-bond donors (Lipinski definition) is 1. The maximum Gasteiger partial charge on any atom is 0.260 e. The van der Waals surface area contributed by atoms with Crippen LogP contribution in [-0.4, -0.2) is 18.0 Å². The molecule has 0 aliphatic carbocycles. The highest BCUT2D eigenvalue weighted by molar-refractivity contribution is 6.34. The topological polar surface area (TPSA) is 64.4 Å². The molecule has 1 N–H and O–H groups in total. The molecule has 3 aromatic carbocycles. The smallest absolute Gasteiger partial charge is 0.260 e. The molecule has 28 heavy (non-hydrogen) atoms. The fourth-order valence-electron chi connectivity index (χ4n) is 2.79. The van der Waals surface area contributed by atoms with Gasteiger partial charge in [0.05, 0.1) is 17.7 Å². The minimum absolute atomic E-state index is 0.0403. The van der Waals surface area contributed by atoms with Crippen LogP contribution in [0.4, 0.5) is 10.1 Å². The number of rotatable bonds is 4. The number of hydrogen-bond acceptors (Lipinski definition) is 4. The Kier molecular flexibility index (Phi) is 4.71. The molecule has 0 saturated carbocycles. The number of nitrogens with zero attached hydrogens (tertiary/aromatic N) is 1. The van der Waals surface area contributed by atoms with Crippen LogP contribution in [0.15, 0.2) is 65.1 Å². The largest absolute Gasteiger partial charge is 0.497 e. The zero-order chi connectivity index (χ0) is 19.7. The van der Waals surface area contributed by atoms with E-state index in [4.69, 9.17) is 20.8 Å². The molecular formula is C21H14ClFN2O3. The zero-order valence-electron chi connectivity index (χ0n) is 14.7. The van der Waals surface area contributed by atoms with Crippen molar-refractivity contribution in [3.63, 3.8) is 0 Å². The van der Waals surface area contributed by atoms with E-state index in [2.05, 4.69) is 10.3 Å². The Morgan fingerprint density at radius 3 is 2.75 bits per heavy atom. The van der Waals surface area contributed by atoms with Crippen LogP contribution in [0.1, 0.15) is 10.4 Å². The van der Waals surface area contributed by atoms with Crippen molar-refractivity contribution in [1.82, 2.24) is 4.98 Å². The van der Waals surface area contributed by atoms with Crippen LogP contribution in [0.2, 0.25) is 5.02 Å². The molecule has 5 nitrogen and oxygen atoms in total. The number of anilines is 1. The van der Waals surface area contributed by atoms with Gasteiger partial charge in [0.2, 0.25) is 5.89 Å². The van der Waals surface area contributed by atoms with Crippen LogP contribution >= 0.6 is 11.6 Å². The average Bonchev–Trinajstić information content (AvgIpc) is 3.11. The van der Waals surface area contributed by atoms with Crippen molar-refractivity contribution in [1.29, 1.82) is 0 Å². The first-order chi connectivity index (χ1) is 13.5. The summed E-state index contributed by atoms with van der Waals surface area (Å²) in [4.78, 5) is 16.8. The summed E-state index contributed by atoms with van der Waals surface area (Å²) < 4.78 is 25.0. The minimum Gasteiger partial charge on any atom is -0.497 e. The Labute approximate surface area is 164 Å². The van der Waals surface area contributed by atoms with Crippen LogP contribution in [0.3, 0.4) is 0 Å². The van der Waals surface area contributed by atoms with E-state index in [0.717, 1.165) is 5.56 Å². The second kappa shape index (κ2) is 7.32. The SMILES string of the molecule is COc1cccc(-c2nc3ccc(NC(=O)c4c(F)cccc4Cl)cc3o2)c1. The van der Waals surface area contributed by atoms with Crippen LogP contribution in [0.5, 0.6) is 5.75 Å². The second-order valence-electron chi connectivity index (χ2n) is 5.98. The quantitative estimate of drug-likeness (QED) is 0.491. The molecule has 1 heterocycles. The number of halogens is 2. The third-order valence-electron chi connectivity index (χ3n) is 4.15. The Morgan fingerprint density at radius 2 is 1.96 bits per heavy atom. The highest BCUT2D eigenvalue weighted by Crippen LogP contribution is 2.29. The lowest BCUT2D eigenvalue weighted by Crippen LogP contribution is -2.14. The van der Waals surface area contributed by atoms with Crippen molar-refractivity contribution < 1.29 is 18.3 Å². The highest BCUT2D eigenvalue weighted by atomic mass is 35.5. The van der Waals surface area contributed by atoms with Gasteiger partial charge in [-0.2, -0.15) is 0 Å². The molecule has 0 unspecified atom stereocenters. The van der Waals surface area contributed by atoms with Gasteiger partial charge < -0.3 is 14.5 Å². The average molecular weight is 397 g/mol. The first-order valence-electron chi connectivity index (χ1n) is 8.35. The first kappa shape index (κ1) is 18.0. The fraction of sp³-hybridized carbons (Fsp3) is 0.0476. The lowest BCUT2D eigenvalue weighted by atomic mass is 10.2. The van der Waals surface area contributed by atoms with Gasteiger partial charge in [-0.1, -0.05) is 23.7 Å². The molecular weight excluding hydrogens is 383 g/mol. The van der Waals surface area contributed by atoms with Gasteiger partial charge in [-0.3, -0.25) is 4.79 Å². The Morgan fingerprint density at radius 1 is 1.14 bits per heavy atom. The summed E-state index contributed by atoms with van der Waals surface area (Å²) in [5, 5.41) is 2.67. The molecule has 0 radical (unpaired) electrons. The molecule has 0 aliphatic heterocycles. The number of aromatic nitrogens is 1. The van der Waals surface area contributed by atoms with Crippen molar-refractivity contribution in [3.8, 4) is 17.2 Å². The van der Waals surface area contributed by atoms with Gasteiger partial charge in [-0.25, -0.2) is 9.37 Å². The van der Waals surface area contributed by atoms with Crippen LogP contribution < -0.4 is 10.1 Å². The maximum absolute atomic E-state index is 13.9. The summed E-state index contributed by atoms with van der Waals surface area (Å²) in [5.74, 6) is -0.218. The molecule has 0 aliphatic rings. The Hall–Kier alpha value is -3.38. The molecule has 4 aromatic rings. The van der Waals surface area contributed by atoms with E-state index in [-0.39, 0.29) is 10.6 Å². The van der Waals surface area contributed by atoms with E-state index in [1.807, 2.05) is 24.3 Å². The van der Waals surface area contributed by atoms with Gasteiger partial charge in [0.15, 0.2) is 5.58 Å². The fourth-order valence-corrected chi connectivity index (χ4v) is 3.04. The van der Waals surface area contributed by atoms with Gasteiger partial charge in [-0.15, -0.1) is 0 Å². The molecule has 0 spiro atoms. The molecule has 7 heteroatoms. The Balaban J connectivity index is 1.64. The monoisotopic (exact) mass is 396 g/mol. The predicted octanol–water partition coefficient (Wildman–Crippen LogP) is 5.55. The number of benzene rings is 3. The summed E-state index contributed by atoms with van der Waals surface area (Å²) in [5.41, 5.74) is 2.10. The molecule has 0 atom stereocenters. The van der Waals surface area contributed by atoms with E-state index in [9.17, 15) is 9.18 Å². The standard InChI is InChI=1S/C21H14ClFN2O3/c1-27-14-5-2-4-12(10-14)21-25-17-9-8-13(11-18(17)28-21)24-20(26)19-15(22)6-3-7-16(19)23/h2-11H,1H3,(H,24,26). The number of methoxy groups -OCH3 is 1. The zero-order valence-corrected chi connectivity index (χ0v) is 15.5. The number of oxazole rings is 1. The van der Waals surface area contributed by atoms with Crippen LogP contribution in [0.25, 0.3) is 22.6 Å². The van der Waals surface area contributed by atoms with Gasteiger partial charge in [0, 0.05) is 17.3 Å². The van der Waals surface area contributed by atoms with E-state index in [1.165, 1.54) is 18.2 Å². The van der Waals surface area contributed by atoms with Crippen molar-refractivity contribution >= 4 is 34.3 Å². The van der Waals surface area contributed by atoms with Gasteiger partial charge in [0.1, 0.15) is 17.1 Å². The molecule has 1 aromatic heterocycles. The predicted molar refractivity (Wildman–Crippen MR) is 105 cm³/mol. The van der Waals surface area contributed by atoms with E-state index >= 15 is 0 Å². The van der Waals surface area contributed by atoms with E-state index in [0.29, 0.717) is 28.4 Å². The molecule has 140 valence electrons. The summed E-state index contributed by atoms with van der Waals surface area (Å²) in [6.07, 6.45) is 0. The summed E-state index contributed by atoms with van der Waals surface area (Å²) in [7, 11) is 1.59. The van der Waals surface area contributed by atoms with Crippen LogP contribution in [-0.2, 0) is 0 Å². The highest BCUT2D eigenvalue weighted by Gasteiger charge is 2.17. The number of carbonyl (C=O) groups excluding carboxylic acids is 1. The maximum atomic E-state index is 13.9. The summed E-state index contributed by atoms with van der Waals surface area (Å²) in [6, 6.07) is 16.4. The number of nitrogens with one attached hydrogen (secondary N) is 1. The second-order valence-corrected chi connectivity index (χ2v) is 6.39. The third kappa shape index (κ3) is 3.42. The third-order valence-corrected chi connectivity index (χ3v) is 4.47. The molecule has 1 amide bonds. The molecule has 4 rings (SSSR count). The molecule has 0 saturated heterocycles. The Bertz CT molecular complexity index is 1170. The number of amides is 1. The lowest BCUT2D eigenvalue weighted by Gasteiger charge is -2.07. The molecule has 0 fully saturated rings. The number of fused-ring (bicyclic) bond motifs is 1. The minimum atomic E-state index is -0.689. The number of carbonyl (C=O) groups is 1. The lowest BCUT2D eigenvalue weighted by molar-refractivity contribution is 0.102. The van der Waals surface area contributed by atoms with Crippen molar-refractivity contribution in [2.24, 2.45) is 0 Å². The summed E-state index contributed by atoms with van der Waals surface area (Å²) in [6.45, 7) is 0. The van der Waals surface area contributed by atoms with Crippen molar-refractivity contribution in [2.45, 2.75) is 0 Å². The normalized spacial score (nSPS) is 10.8. The van der Waals surface area contributed by atoms with Crippen LogP contribution in [0, 0.1) is 5.82 Å². The summed E-state index contributed by atoms with van der Waals surface area (Å²) >= 11 is 5.94. The number of ether oxygens (including phenoxy) is 1. The van der Waals surface area contributed by atoms with Crippen molar-refractivity contribution in [2.75, 3.05) is 12.4 Å². The van der Waals surface area contributed by atoms with E-state index in [1.54, 1.807) is 25.3 Å². The van der Waals surface area contributed by atoms with E-state index < -0.39 is 11.7 Å².